The second kappa shape index (κ2) is 5.47. The van der Waals surface area contributed by atoms with E-state index in [1.807, 2.05) is 23.1 Å². The molecule has 0 saturated carbocycles. The number of aromatic nitrogens is 2. The summed E-state index contributed by atoms with van der Waals surface area (Å²) < 4.78 is 1.89. The summed E-state index contributed by atoms with van der Waals surface area (Å²) in [6, 6.07) is 4.36. The maximum absolute atomic E-state index is 4.44. The van der Waals surface area contributed by atoms with Crippen molar-refractivity contribution in [3.8, 4) is 0 Å². The number of hydrogen-bond acceptors (Lipinski definition) is 3. The highest BCUT2D eigenvalue weighted by Crippen LogP contribution is 2.15. The van der Waals surface area contributed by atoms with Crippen molar-refractivity contribution < 1.29 is 0 Å². The van der Waals surface area contributed by atoms with Crippen LogP contribution in [0.5, 0.6) is 0 Å². The molecule has 0 bridgehead atoms. The van der Waals surface area contributed by atoms with Crippen molar-refractivity contribution >= 4 is 11.3 Å². The van der Waals surface area contributed by atoms with Gasteiger partial charge in [-0.25, -0.2) is 0 Å². The van der Waals surface area contributed by atoms with E-state index in [-0.39, 0.29) is 0 Å². The molecule has 2 rings (SSSR count). The molecule has 0 aliphatic heterocycles. The zero-order valence-corrected chi connectivity index (χ0v) is 11.5. The summed E-state index contributed by atoms with van der Waals surface area (Å²) in [5.74, 6) is 0. The number of rotatable bonds is 5. The van der Waals surface area contributed by atoms with Gasteiger partial charge < -0.3 is 5.32 Å². The zero-order valence-electron chi connectivity index (χ0n) is 10.7. The third-order valence-electron chi connectivity index (χ3n) is 2.74. The normalized spacial score (nSPS) is 11.0. The Morgan fingerprint density at radius 1 is 1.35 bits per heavy atom. The van der Waals surface area contributed by atoms with Gasteiger partial charge >= 0.3 is 0 Å². The molecule has 0 aromatic carbocycles. The van der Waals surface area contributed by atoms with Crippen molar-refractivity contribution in [2.75, 3.05) is 0 Å². The molecule has 17 heavy (non-hydrogen) atoms. The number of aryl methyl sites for hydroxylation is 3. The molecule has 92 valence electrons. The number of nitrogens with one attached hydrogen (secondary N) is 1. The van der Waals surface area contributed by atoms with Crippen LogP contribution in [-0.2, 0) is 26.6 Å². The number of hydrogen-bond donors (Lipinski definition) is 1. The molecular weight excluding hydrogens is 230 g/mol. The van der Waals surface area contributed by atoms with Crippen molar-refractivity contribution in [2.24, 2.45) is 7.05 Å². The molecule has 1 N–H and O–H groups in total. The van der Waals surface area contributed by atoms with Gasteiger partial charge in [-0.05, 0) is 25.5 Å². The maximum Gasteiger partial charge on any atom is 0.0666 e. The highest BCUT2D eigenvalue weighted by Gasteiger charge is 2.05. The van der Waals surface area contributed by atoms with Gasteiger partial charge in [0.05, 0.1) is 5.69 Å². The molecule has 0 spiro atoms. The monoisotopic (exact) mass is 249 g/mol. The van der Waals surface area contributed by atoms with Crippen LogP contribution in [-0.4, -0.2) is 9.78 Å². The van der Waals surface area contributed by atoms with E-state index in [2.05, 4.69) is 42.6 Å². The van der Waals surface area contributed by atoms with Crippen molar-refractivity contribution in [3.63, 3.8) is 0 Å². The fraction of sp³-hybridized carbons (Fsp3) is 0.462. The van der Waals surface area contributed by atoms with Crippen LogP contribution in [0.3, 0.4) is 0 Å². The second-order valence-corrected chi connectivity index (χ2v) is 5.62. The van der Waals surface area contributed by atoms with Gasteiger partial charge in [0.25, 0.3) is 0 Å². The quantitative estimate of drug-likeness (QED) is 0.883. The molecule has 0 saturated heterocycles. The number of nitrogens with zero attached hydrogens (tertiary/aromatic N) is 2. The van der Waals surface area contributed by atoms with Crippen molar-refractivity contribution in [1.29, 1.82) is 0 Å². The van der Waals surface area contributed by atoms with Crippen molar-refractivity contribution in [3.05, 3.63) is 39.3 Å². The highest BCUT2D eigenvalue weighted by molar-refractivity contribution is 7.11. The van der Waals surface area contributed by atoms with E-state index in [1.165, 1.54) is 21.0 Å². The Labute approximate surface area is 106 Å². The molecule has 0 radical (unpaired) electrons. The molecule has 0 unspecified atom stereocenters. The molecule has 2 aromatic rings. The van der Waals surface area contributed by atoms with Gasteiger partial charge in [-0.2, -0.15) is 5.10 Å². The fourth-order valence-corrected chi connectivity index (χ4v) is 2.79. The van der Waals surface area contributed by atoms with Crippen LogP contribution in [0.15, 0.2) is 18.3 Å². The molecule has 0 aliphatic rings. The minimum atomic E-state index is 0.897. The Balaban J connectivity index is 1.89. The van der Waals surface area contributed by atoms with Crippen LogP contribution >= 0.6 is 11.3 Å². The highest BCUT2D eigenvalue weighted by atomic mass is 32.1. The van der Waals surface area contributed by atoms with Crippen molar-refractivity contribution in [1.82, 2.24) is 15.1 Å². The summed E-state index contributed by atoms with van der Waals surface area (Å²) in [5.41, 5.74) is 2.51. The summed E-state index contributed by atoms with van der Waals surface area (Å²) >= 11 is 1.85. The first-order valence-corrected chi connectivity index (χ1v) is 6.78. The Kier molecular flexibility index (Phi) is 3.97. The van der Waals surface area contributed by atoms with Gasteiger partial charge in [0.2, 0.25) is 0 Å². The van der Waals surface area contributed by atoms with E-state index in [0.717, 1.165) is 19.5 Å². The van der Waals surface area contributed by atoms with Crippen molar-refractivity contribution in [2.45, 2.75) is 33.4 Å². The summed E-state index contributed by atoms with van der Waals surface area (Å²) in [6.07, 6.45) is 3.10. The smallest absolute Gasteiger partial charge is 0.0666 e. The number of thiophene rings is 1. The van der Waals surface area contributed by atoms with E-state index in [1.54, 1.807) is 0 Å². The van der Waals surface area contributed by atoms with Gasteiger partial charge in [-0.1, -0.05) is 6.92 Å². The third kappa shape index (κ3) is 3.17. The SMILES string of the molecule is CCc1nn(C)cc1CNCc1ccc(C)s1. The topological polar surface area (TPSA) is 29.9 Å². The van der Waals surface area contributed by atoms with Crippen LogP contribution in [0.25, 0.3) is 0 Å². The largest absolute Gasteiger partial charge is 0.308 e. The predicted molar refractivity (Wildman–Crippen MR) is 72.2 cm³/mol. The van der Waals surface area contributed by atoms with E-state index in [4.69, 9.17) is 0 Å². The maximum atomic E-state index is 4.44. The average Bonchev–Trinajstić information content (AvgIpc) is 2.85. The van der Waals surface area contributed by atoms with E-state index in [0.29, 0.717) is 0 Å². The lowest BCUT2D eigenvalue weighted by atomic mass is 10.2. The summed E-state index contributed by atoms with van der Waals surface area (Å²) in [4.78, 5) is 2.77. The van der Waals surface area contributed by atoms with Crippen LogP contribution in [0, 0.1) is 6.92 Å². The first-order valence-electron chi connectivity index (χ1n) is 5.96. The fourth-order valence-electron chi connectivity index (χ4n) is 1.93. The zero-order chi connectivity index (χ0) is 12.3. The molecular formula is C13H19N3S. The minimum Gasteiger partial charge on any atom is -0.308 e. The summed E-state index contributed by atoms with van der Waals surface area (Å²) in [5, 5.41) is 7.91. The Morgan fingerprint density at radius 3 is 2.82 bits per heavy atom. The van der Waals surface area contributed by atoms with Gasteiger partial charge in [-0.3, -0.25) is 4.68 Å². The lowest BCUT2D eigenvalue weighted by molar-refractivity contribution is 0.695. The van der Waals surface area contributed by atoms with Gasteiger partial charge in [0.15, 0.2) is 0 Å². The Morgan fingerprint density at radius 2 is 2.18 bits per heavy atom. The Hall–Kier alpha value is -1.13. The summed E-state index contributed by atoms with van der Waals surface area (Å²) in [7, 11) is 1.98. The Bertz CT molecular complexity index is 485. The first kappa shape index (κ1) is 12.3. The molecule has 2 heterocycles. The molecule has 0 aliphatic carbocycles. The molecule has 0 atom stereocenters. The standard InChI is InChI=1S/C13H19N3S/c1-4-13-11(9-16(3)15-13)7-14-8-12-6-5-10(2)17-12/h5-6,9,14H,4,7-8H2,1-3H3. The van der Waals surface area contributed by atoms with Gasteiger partial charge in [0, 0.05) is 41.7 Å². The molecule has 0 amide bonds. The lowest BCUT2D eigenvalue weighted by Gasteiger charge is -2.02. The third-order valence-corrected chi connectivity index (χ3v) is 3.74. The lowest BCUT2D eigenvalue weighted by Crippen LogP contribution is -2.12. The minimum absolute atomic E-state index is 0.897. The molecule has 3 nitrogen and oxygen atoms in total. The van der Waals surface area contributed by atoms with Crippen LogP contribution < -0.4 is 5.32 Å². The van der Waals surface area contributed by atoms with Crippen LogP contribution in [0.1, 0.15) is 27.9 Å². The van der Waals surface area contributed by atoms with E-state index in [9.17, 15) is 0 Å². The van der Waals surface area contributed by atoms with Gasteiger partial charge in [0.1, 0.15) is 0 Å². The van der Waals surface area contributed by atoms with Crippen LogP contribution in [0.2, 0.25) is 0 Å². The van der Waals surface area contributed by atoms with E-state index < -0.39 is 0 Å². The molecule has 0 fully saturated rings. The average molecular weight is 249 g/mol. The molecule has 4 heteroatoms. The van der Waals surface area contributed by atoms with Gasteiger partial charge in [-0.15, -0.1) is 11.3 Å². The summed E-state index contributed by atoms with van der Waals surface area (Å²) in [6.45, 7) is 6.13. The second-order valence-electron chi connectivity index (χ2n) is 4.24. The predicted octanol–water partition coefficient (Wildman–Crippen LogP) is 2.64. The first-order chi connectivity index (χ1) is 8.19. The molecule has 2 aromatic heterocycles. The van der Waals surface area contributed by atoms with E-state index >= 15 is 0 Å². The van der Waals surface area contributed by atoms with Crippen LogP contribution in [0.4, 0.5) is 0 Å².